The number of carbonyl (C=O) groups is 2. The predicted molar refractivity (Wildman–Crippen MR) is 111 cm³/mol. The van der Waals surface area contributed by atoms with Crippen molar-refractivity contribution >= 4 is 11.8 Å². The number of rotatable bonds is 18. The average molecular weight is 367 g/mol. The van der Waals surface area contributed by atoms with Crippen molar-refractivity contribution in [3.63, 3.8) is 0 Å². The highest BCUT2D eigenvalue weighted by atomic mass is 16.2. The highest BCUT2D eigenvalue weighted by Gasteiger charge is 1.99. The van der Waals surface area contributed by atoms with Crippen LogP contribution in [0.3, 0.4) is 0 Å². The summed E-state index contributed by atoms with van der Waals surface area (Å²) >= 11 is 0. The Kier molecular flexibility index (Phi) is 19.0. The standard InChI is InChI=1S/C22H42N2O2/c1-3-5-7-9-11-13-15-19-23-21(25)17-18-22(26)24-20-16-14-12-10-8-6-4-2/h17-18H,3-16,19-20H2,1-2H3,(H,23,25)(H,24,26). The SMILES string of the molecule is CCCCCCCCCNC(=O)C=CC(=O)NCCCCCCCCC. The lowest BCUT2D eigenvalue weighted by Crippen LogP contribution is -2.25. The smallest absolute Gasteiger partial charge is 0.244 e. The Morgan fingerprint density at radius 1 is 0.538 bits per heavy atom. The van der Waals surface area contributed by atoms with Crippen molar-refractivity contribution in [2.75, 3.05) is 13.1 Å². The van der Waals surface area contributed by atoms with E-state index in [0.29, 0.717) is 13.1 Å². The molecule has 0 aliphatic heterocycles. The van der Waals surface area contributed by atoms with Crippen LogP contribution >= 0.6 is 0 Å². The molecule has 0 aromatic carbocycles. The Bertz CT molecular complexity index is 333. The van der Waals surface area contributed by atoms with Crippen LogP contribution in [0.5, 0.6) is 0 Å². The summed E-state index contributed by atoms with van der Waals surface area (Å²) in [7, 11) is 0. The summed E-state index contributed by atoms with van der Waals surface area (Å²) in [4.78, 5) is 23.3. The second-order valence-corrected chi connectivity index (χ2v) is 7.16. The summed E-state index contributed by atoms with van der Waals surface area (Å²) in [6.07, 6.45) is 19.9. The number of nitrogens with one attached hydrogen (secondary N) is 2. The molecule has 0 saturated heterocycles. The second-order valence-electron chi connectivity index (χ2n) is 7.16. The van der Waals surface area contributed by atoms with E-state index in [9.17, 15) is 9.59 Å². The largest absolute Gasteiger partial charge is 0.353 e. The third-order valence-corrected chi connectivity index (χ3v) is 4.55. The van der Waals surface area contributed by atoms with Crippen LogP contribution in [0.15, 0.2) is 12.2 Å². The van der Waals surface area contributed by atoms with Gasteiger partial charge in [-0.1, -0.05) is 90.9 Å². The fraction of sp³-hybridized carbons (Fsp3) is 0.818. The van der Waals surface area contributed by atoms with Crippen molar-refractivity contribution < 1.29 is 9.59 Å². The van der Waals surface area contributed by atoms with Gasteiger partial charge >= 0.3 is 0 Å². The first-order chi connectivity index (χ1) is 12.7. The third kappa shape index (κ3) is 19.0. The Morgan fingerprint density at radius 2 is 0.846 bits per heavy atom. The van der Waals surface area contributed by atoms with Gasteiger partial charge in [-0.05, 0) is 12.8 Å². The summed E-state index contributed by atoms with van der Waals surface area (Å²) in [6, 6.07) is 0. The van der Waals surface area contributed by atoms with Crippen LogP contribution in [0.2, 0.25) is 0 Å². The number of carbonyl (C=O) groups excluding carboxylic acids is 2. The molecule has 2 amide bonds. The van der Waals surface area contributed by atoms with Crippen LogP contribution < -0.4 is 10.6 Å². The molecule has 4 heteroatoms. The van der Waals surface area contributed by atoms with Gasteiger partial charge in [-0.15, -0.1) is 0 Å². The van der Waals surface area contributed by atoms with Gasteiger partial charge in [-0.25, -0.2) is 0 Å². The summed E-state index contributed by atoms with van der Waals surface area (Å²) in [5, 5.41) is 5.67. The summed E-state index contributed by atoms with van der Waals surface area (Å²) in [5.74, 6) is -0.357. The van der Waals surface area contributed by atoms with Crippen molar-refractivity contribution in [3.05, 3.63) is 12.2 Å². The van der Waals surface area contributed by atoms with Crippen molar-refractivity contribution in [2.24, 2.45) is 0 Å². The minimum Gasteiger partial charge on any atom is -0.353 e. The molecule has 0 saturated carbocycles. The molecule has 0 bridgehead atoms. The van der Waals surface area contributed by atoms with Gasteiger partial charge in [0.25, 0.3) is 0 Å². The maximum Gasteiger partial charge on any atom is 0.244 e. The average Bonchev–Trinajstić information content (AvgIpc) is 2.64. The molecule has 0 aliphatic rings. The molecule has 152 valence electrons. The monoisotopic (exact) mass is 366 g/mol. The van der Waals surface area contributed by atoms with Crippen LogP contribution in [-0.4, -0.2) is 24.9 Å². The molecule has 0 rings (SSSR count). The molecule has 0 atom stereocenters. The van der Waals surface area contributed by atoms with Gasteiger partial charge in [0.1, 0.15) is 0 Å². The van der Waals surface area contributed by atoms with E-state index in [-0.39, 0.29) is 11.8 Å². The van der Waals surface area contributed by atoms with Gasteiger partial charge in [-0.2, -0.15) is 0 Å². The second kappa shape index (κ2) is 20.0. The number of hydrogen-bond donors (Lipinski definition) is 2. The van der Waals surface area contributed by atoms with Gasteiger partial charge in [0, 0.05) is 25.2 Å². The van der Waals surface area contributed by atoms with Gasteiger partial charge in [0.15, 0.2) is 0 Å². The van der Waals surface area contributed by atoms with Crippen molar-refractivity contribution in [1.82, 2.24) is 10.6 Å². The van der Waals surface area contributed by atoms with E-state index < -0.39 is 0 Å². The molecular formula is C22H42N2O2. The van der Waals surface area contributed by atoms with Crippen LogP contribution in [0.4, 0.5) is 0 Å². The van der Waals surface area contributed by atoms with E-state index in [1.54, 1.807) is 0 Å². The first kappa shape index (κ1) is 24.7. The molecule has 4 nitrogen and oxygen atoms in total. The van der Waals surface area contributed by atoms with Crippen molar-refractivity contribution in [3.8, 4) is 0 Å². The van der Waals surface area contributed by atoms with Crippen molar-refractivity contribution in [1.29, 1.82) is 0 Å². The van der Waals surface area contributed by atoms with Crippen LogP contribution in [0.1, 0.15) is 104 Å². The first-order valence-corrected chi connectivity index (χ1v) is 10.9. The van der Waals surface area contributed by atoms with Crippen LogP contribution in [0, 0.1) is 0 Å². The Hall–Kier alpha value is -1.32. The lowest BCUT2D eigenvalue weighted by Gasteiger charge is -2.04. The molecule has 0 spiro atoms. The molecule has 0 radical (unpaired) electrons. The molecule has 2 N–H and O–H groups in total. The lowest BCUT2D eigenvalue weighted by atomic mass is 10.1. The number of amides is 2. The summed E-state index contributed by atoms with van der Waals surface area (Å²) < 4.78 is 0. The minimum absolute atomic E-state index is 0.179. The topological polar surface area (TPSA) is 58.2 Å². The maximum atomic E-state index is 11.6. The molecule has 0 heterocycles. The van der Waals surface area contributed by atoms with E-state index in [2.05, 4.69) is 24.5 Å². The Balaban J connectivity index is 3.45. The normalized spacial score (nSPS) is 11.0. The zero-order valence-corrected chi connectivity index (χ0v) is 17.3. The Labute approximate surface area is 161 Å². The molecular weight excluding hydrogens is 324 g/mol. The highest BCUT2D eigenvalue weighted by Crippen LogP contribution is 2.07. The zero-order valence-electron chi connectivity index (χ0n) is 17.3. The number of unbranched alkanes of at least 4 members (excludes halogenated alkanes) is 12. The third-order valence-electron chi connectivity index (χ3n) is 4.55. The molecule has 0 unspecified atom stereocenters. The molecule has 0 aromatic heterocycles. The summed E-state index contributed by atoms with van der Waals surface area (Å²) in [5.41, 5.74) is 0. The molecule has 0 aliphatic carbocycles. The number of hydrogen-bond acceptors (Lipinski definition) is 2. The van der Waals surface area contributed by atoms with E-state index in [1.807, 2.05) is 0 Å². The maximum absolute atomic E-state index is 11.6. The first-order valence-electron chi connectivity index (χ1n) is 10.9. The molecule has 0 fully saturated rings. The molecule has 0 aromatic rings. The van der Waals surface area contributed by atoms with Gasteiger partial charge < -0.3 is 10.6 Å². The van der Waals surface area contributed by atoms with E-state index >= 15 is 0 Å². The Morgan fingerprint density at radius 3 is 1.19 bits per heavy atom. The zero-order chi connectivity index (χ0) is 19.3. The van der Waals surface area contributed by atoms with Gasteiger partial charge in [-0.3, -0.25) is 9.59 Å². The minimum atomic E-state index is -0.179. The van der Waals surface area contributed by atoms with Crippen LogP contribution in [-0.2, 0) is 9.59 Å². The highest BCUT2D eigenvalue weighted by molar-refractivity contribution is 5.96. The van der Waals surface area contributed by atoms with E-state index in [4.69, 9.17) is 0 Å². The summed E-state index contributed by atoms with van der Waals surface area (Å²) in [6.45, 7) is 5.82. The molecule has 26 heavy (non-hydrogen) atoms. The fourth-order valence-corrected chi connectivity index (χ4v) is 2.86. The van der Waals surface area contributed by atoms with Crippen molar-refractivity contribution in [2.45, 2.75) is 104 Å². The van der Waals surface area contributed by atoms with E-state index in [1.165, 1.54) is 76.4 Å². The van der Waals surface area contributed by atoms with Gasteiger partial charge in [0.2, 0.25) is 11.8 Å². The predicted octanol–water partition coefficient (Wildman–Crippen LogP) is 5.28. The van der Waals surface area contributed by atoms with E-state index in [0.717, 1.165) is 25.7 Å². The lowest BCUT2D eigenvalue weighted by molar-refractivity contribution is -0.118. The van der Waals surface area contributed by atoms with Crippen LogP contribution in [0.25, 0.3) is 0 Å². The van der Waals surface area contributed by atoms with Gasteiger partial charge in [0.05, 0.1) is 0 Å². The fourth-order valence-electron chi connectivity index (χ4n) is 2.86. The quantitative estimate of drug-likeness (QED) is 0.256.